The molecule has 0 aliphatic heterocycles. The van der Waals surface area contributed by atoms with Crippen LogP contribution in [0.2, 0.25) is 5.02 Å². The fourth-order valence-corrected chi connectivity index (χ4v) is 2.53. The molecule has 0 amide bonds. The summed E-state index contributed by atoms with van der Waals surface area (Å²) in [7, 11) is 0. The van der Waals surface area contributed by atoms with Gasteiger partial charge in [0.1, 0.15) is 5.82 Å². The van der Waals surface area contributed by atoms with E-state index in [9.17, 15) is 9.18 Å². The van der Waals surface area contributed by atoms with E-state index in [-0.39, 0.29) is 11.6 Å². The summed E-state index contributed by atoms with van der Waals surface area (Å²) in [6, 6.07) is 12.9. The Bertz CT molecular complexity index is 554. The molecule has 0 saturated heterocycles. The van der Waals surface area contributed by atoms with E-state index in [0.717, 1.165) is 4.90 Å². The minimum Gasteiger partial charge on any atom is -0.293 e. The first-order valence-corrected chi connectivity index (χ1v) is 6.68. The molecular weight excluding hydrogens is 271 g/mol. The molecular formula is C14H10ClFOS. The Morgan fingerprint density at radius 1 is 1.17 bits per heavy atom. The predicted molar refractivity (Wildman–Crippen MR) is 72.9 cm³/mol. The lowest BCUT2D eigenvalue weighted by Crippen LogP contribution is -2.02. The lowest BCUT2D eigenvalue weighted by molar-refractivity contribution is 0.102. The molecule has 0 saturated carbocycles. The first-order chi connectivity index (χ1) is 8.65. The van der Waals surface area contributed by atoms with Crippen molar-refractivity contribution in [3.05, 3.63) is 64.9 Å². The smallest absolute Gasteiger partial charge is 0.173 e. The van der Waals surface area contributed by atoms with Crippen LogP contribution in [0.15, 0.2) is 53.4 Å². The molecule has 4 heteroatoms. The van der Waals surface area contributed by atoms with Gasteiger partial charge in [0.2, 0.25) is 0 Å². The zero-order valence-electron chi connectivity index (χ0n) is 9.40. The molecule has 0 unspecified atom stereocenters. The Kier molecular flexibility index (Phi) is 4.39. The molecule has 18 heavy (non-hydrogen) atoms. The predicted octanol–water partition coefficient (Wildman–Crippen LogP) is 4.45. The van der Waals surface area contributed by atoms with Crippen molar-refractivity contribution in [1.29, 1.82) is 0 Å². The van der Waals surface area contributed by atoms with Crippen LogP contribution >= 0.6 is 23.4 Å². The highest BCUT2D eigenvalue weighted by atomic mass is 35.5. The molecule has 0 fully saturated rings. The molecule has 1 nitrogen and oxygen atoms in total. The van der Waals surface area contributed by atoms with Gasteiger partial charge in [-0.15, -0.1) is 11.8 Å². The lowest BCUT2D eigenvalue weighted by Gasteiger charge is -2.02. The Balaban J connectivity index is 1.98. The van der Waals surface area contributed by atoms with Crippen molar-refractivity contribution in [3.8, 4) is 0 Å². The van der Waals surface area contributed by atoms with Crippen LogP contribution in [0.25, 0.3) is 0 Å². The van der Waals surface area contributed by atoms with E-state index in [4.69, 9.17) is 11.6 Å². The van der Waals surface area contributed by atoms with E-state index in [1.54, 1.807) is 6.07 Å². The van der Waals surface area contributed by atoms with Crippen molar-refractivity contribution in [1.82, 2.24) is 0 Å². The van der Waals surface area contributed by atoms with Gasteiger partial charge in [0, 0.05) is 15.5 Å². The Morgan fingerprint density at radius 2 is 1.89 bits per heavy atom. The lowest BCUT2D eigenvalue weighted by atomic mass is 10.1. The Morgan fingerprint density at radius 3 is 2.56 bits per heavy atom. The first-order valence-electron chi connectivity index (χ1n) is 5.32. The fourth-order valence-electron chi connectivity index (χ4n) is 1.42. The second-order valence-electron chi connectivity index (χ2n) is 3.68. The molecule has 0 atom stereocenters. The first kappa shape index (κ1) is 13.1. The third-order valence-electron chi connectivity index (χ3n) is 2.33. The summed E-state index contributed by atoms with van der Waals surface area (Å²) in [5, 5.41) is 0.647. The Hall–Kier alpha value is -1.32. The summed E-state index contributed by atoms with van der Waals surface area (Å²) in [5.74, 6) is -0.0552. The van der Waals surface area contributed by atoms with Gasteiger partial charge in [0.15, 0.2) is 5.78 Å². The van der Waals surface area contributed by atoms with Gasteiger partial charge >= 0.3 is 0 Å². The largest absolute Gasteiger partial charge is 0.293 e. The van der Waals surface area contributed by atoms with Gasteiger partial charge in [0.05, 0.1) is 5.75 Å². The van der Waals surface area contributed by atoms with Crippen molar-refractivity contribution in [2.45, 2.75) is 4.90 Å². The van der Waals surface area contributed by atoms with Crippen LogP contribution in [0.4, 0.5) is 4.39 Å². The number of halogens is 2. The summed E-state index contributed by atoms with van der Waals surface area (Å²) in [6.45, 7) is 0. The SMILES string of the molecule is O=C(CSc1cccc(Cl)c1)c1ccc(F)cc1. The summed E-state index contributed by atoms with van der Waals surface area (Å²) in [6.07, 6.45) is 0. The number of thioether (sulfide) groups is 1. The molecule has 0 radical (unpaired) electrons. The molecule has 0 aliphatic rings. The third-order valence-corrected chi connectivity index (χ3v) is 3.56. The van der Waals surface area contributed by atoms with Crippen LogP contribution < -0.4 is 0 Å². The van der Waals surface area contributed by atoms with E-state index in [1.165, 1.54) is 36.0 Å². The second kappa shape index (κ2) is 6.03. The number of rotatable bonds is 4. The summed E-state index contributed by atoms with van der Waals surface area (Å²) in [5.41, 5.74) is 0.519. The average Bonchev–Trinajstić information content (AvgIpc) is 2.37. The van der Waals surface area contributed by atoms with Crippen molar-refractivity contribution >= 4 is 29.1 Å². The average molecular weight is 281 g/mol. The van der Waals surface area contributed by atoms with Crippen LogP contribution in [0.5, 0.6) is 0 Å². The highest BCUT2D eigenvalue weighted by Gasteiger charge is 2.06. The van der Waals surface area contributed by atoms with E-state index in [0.29, 0.717) is 16.3 Å². The normalized spacial score (nSPS) is 10.3. The van der Waals surface area contributed by atoms with Crippen molar-refractivity contribution in [3.63, 3.8) is 0 Å². The molecule has 0 heterocycles. The maximum atomic E-state index is 12.7. The van der Waals surface area contributed by atoms with E-state index in [2.05, 4.69) is 0 Å². The molecule has 0 spiro atoms. The number of carbonyl (C=O) groups is 1. The summed E-state index contributed by atoms with van der Waals surface area (Å²) in [4.78, 5) is 12.8. The quantitative estimate of drug-likeness (QED) is 0.608. The zero-order valence-corrected chi connectivity index (χ0v) is 11.0. The molecule has 92 valence electrons. The maximum absolute atomic E-state index is 12.7. The number of ketones is 1. The van der Waals surface area contributed by atoms with E-state index >= 15 is 0 Å². The number of benzene rings is 2. The van der Waals surface area contributed by atoms with Crippen LogP contribution in [0, 0.1) is 5.82 Å². The summed E-state index contributed by atoms with van der Waals surface area (Å²) >= 11 is 7.27. The molecule has 2 aromatic carbocycles. The molecule has 2 rings (SSSR count). The topological polar surface area (TPSA) is 17.1 Å². The monoisotopic (exact) mass is 280 g/mol. The fraction of sp³-hybridized carbons (Fsp3) is 0.0714. The minimum absolute atomic E-state index is 0.0278. The number of hydrogen-bond donors (Lipinski definition) is 0. The van der Waals surface area contributed by atoms with Crippen molar-refractivity contribution in [2.75, 3.05) is 5.75 Å². The van der Waals surface area contributed by atoms with Gasteiger partial charge in [0.25, 0.3) is 0 Å². The van der Waals surface area contributed by atoms with E-state index < -0.39 is 0 Å². The maximum Gasteiger partial charge on any atom is 0.173 e. The van der Waals surface area contributed by atoms with Crippen LogP contribution in [-0.4, -0.2) is 11.5 Å². The molecule has 2 aromatic rings. The highest BCUT2D eigenvalue weighted by molar-refractivity contribution is 8.00. The standard InChI is InChI=1S/C14H10ClFOS/c15-11-2-1-3-13(8-11)18-9-14(17)10-4-6-12(16)7-5-10/h1-8H,9H2. The number of Topliss-reactive ketones (excluding diaryl/α,β-unsaturated/α-hetero) is 1. The van der Waals surface area contributed by atoms with Gasteiger partial charge in [-0.25, -0.2) is 4.39 Å². The van der Waals surface area contributed by atoms with Crippen LogP contribution in [0.3, 0.4) is 0 Å². The van der Waals surface area contributed by atoms with Gasteiger partial charge < -0.3 is 0 Å². The minimum atomic E-state index is -0.339. The summed E-state index contributed by atoms with van der Waals surface area (Å²) < 4.78 is 12.7. The molecule has 0 aromatic heterocycles. The number of carbonyl (C=O) groups excluding carboxylic acids is 1. The van der Waals surface area contributed by atoms with Gasteiger partial charge in [-0.1, -0.05) is 17.7 Å². The molecule has 0 bridgehead atoms. The third kappa shape index (κ3) is 3.59. The van der Waals surface area contributed by atoms with Crippen LogP contribution in [-0.2, 0) is 0 Å². The van der Waals surface area contributed by atoms with Gasteiger partial charge in [-0.3, -0.25) is 4.79 Å². The van der Waals surface area contributed by atoms with Gasteiger partial charge in [-0.2, -0.15) is 0 Å². The zero-order chi connectivity index (χ0) is 13.0. The Labute approximate surface area is 114 Å². The van der Waals surface area contributed by atoms with E-state index in [1.807, 2.05) is 18.2 Å². The van der Waals surface area contributed by atoms with Crippen molar-refractivity contribution < 1.29 is 9.18 Å². The van der Waals surface area contributed by atoms with Crippen LogP contribution in [0.1, 0.15) is 10.4 Å². The number of hydrogen-bond acceptors (Lipinski definition) is 2. The van der Waals surface area contributed by atoms with Crippen molar-refractivity contribution in [2.24, 2.45) is 0 Å². The van der Waals surface area contributed by atoms with Gasteiger partial charge in [-0.05, 0) is 42.5 Å². The highest BCUT2D eigenvalue weighted by Crippen LogP contribution is 2.22. The molecule has 0 N–H and O–H groups in total. The molecule has 0 aliphatic carbocycles. The second-order valence-corrected chi connectivity index (χ2v) is 5.16.